The smallest absolute Gasteiger partial charge is 0.308 e. The van der Waals surface area contributed by atoms with E-state index in [4.69, 9.17) is 5.11 Å². The normalized spacial score (nSPS) is 12.2. The number of aryl methyl sites for hydroxylation is 1. The van der Waals surface area contributed by atoms with Crippen molar-refractivity contribution in [3.8, 4) is 0 Å². The summed E-state index contributed by atoms with van der Waals surface area (Å²) < 4.78 is 0. The fraction of sp³-hybridized carbons (Fsp3) is 0.529. The van der Waals surface area contributed by atoms with Crippen LogP contribution in [0.5, 0.6) is 0 Å². The predicted octanol–water partition coefficient (Wildman–Crippen LogP) is 2.65. The van der Waals surface area contributed by atoms with E-state index in [-0.39, 0.29) is 12.5 Å². The molecular weight excluding hydrogens is 266 g/mol. The Hall–Kier alpha value is -1.84. The molecule has 0 aliphatic heterocycles. The number of benzene rings is 1. The van der Waals surface area contributed by atoms with Gasteiger partial charge in [0.05, 0.1) is 12.3 Å². The van der Waals surface area contributed by atoms with Gasteiger partial charge in [-0.2, -0.15) is 0 Å². The van der Waals surface area contributed by atoms with E-state index in [0.717, 1.165) is 12.0 Å². The molecule has 1 unspecified atom stereocenters. The van der Waals surface area contributed by atoms with Crippen molar-refractivity contribution in [2.24, 2.45) is 11.8 Å². The highest BCUT2D eigenvalue weighted by Gasteiger charge is 2.19. The predicted molar refractivity (Wildman–Crippen MR) is 83.1 cm³/mol. The molecule has 116 valence electrons. The fourth-order valence-electron chi connectivity index (χ4n) is 2.28. The maximum atomic E-state index is 11.9. The molecule has 0 aliphatic rings. The van der Waals surface area contributed by atoms with Gasteiger partial charge in [0, 0.05) is 6.54 Å². The van der Waals surface area contributed by atoms with Gasteiger partial charge in [-0.1, -0.05) is 45.0 Å². The van der Waals surface area contributed by atoms with E-state index in [9.17, 15) is 9.59 Å². The van der Waals surface area contributed by atoms with Gasteiger partial charge in [0.2, 0.25) is 5.91 Å². The number of carbonyl (C=O) groups excluding carboxylic acids is 1. The lowest BCUT2D eigenvalue weighted by molar-refractivity contribution is -0.142. The Morgan fingerprint density at radius 1 is 1.24 bits per heavy atom. The molecule has 4 nitrogen and oxygen atoms in total. The van der Waals surface area contributed by atoms with Gasteiger partial charge in [-0.3, -0.25) is 9.59 Å². The van der Waals surface area contributed by atoms with Crippen LogP contribution in [0.25, 0.3) is 0 Å². The second kappa shape index (κ2) is 8.45. The summed E-state index contributed by atoms with van der Waals surface area (Å²) in [4.78, 5) is 23.1. The van der Waals surface area contributed by atoms with Gasteiger partial charge in [0.25, 0.3) is 0 Å². The number of hydrogen-bond acceptors (Lipinski definition) is 2. The standard InChI is InChI=1S/C17H25NO3/c1-4-13-6-5-7-14(9-13)10-16(19)18-11-15(17(20)21)8-12(2)3/h5-7,9,12,15H,4,8,10-11H2,1-3H3,(H,18,19)(H,20,21). The number of rotatable bonds is 8. The number of amides is 1. The minimum absolute atomic E-state index is 0.127. The number of carbonyl (C=O) groups is 2. The van der Waals surface area contributed by atoms with Gasteiger partial charge < -0.3 is 10.4 Å². The Kier molecular flexibility index (Phi) is 6.92. The minimum Gasteiger partial charge on any atom is -0.481 e. The van der Waals surface area contributed by atoms with Gasteiger partial charge in [-0.15, -0.1) is 0 Å². The summed E-state index contributed by atoms with van der Waals surface area (Å²) in [6, 6.07) is 7.91. The first-order valence-electron chi connectivity index (χ1n) is 7.49. The molecular formula is C17H25NO3. The number of carboxylic acids is 1. The van der Waals surface area contributed by atoms with Crippen LogP contribution in [-0.2, 0) is 22.4 Å². The van der Waals surface area contributed by atoms with Crippen LogP contribution in [0.2, 0.25) is 0 Å². The zero-order valence-electron chi connectivity index (χ0n) is 13.1. The topological polar surface area (TPSA) is 66.4 Å². The summed E-state index contributed by atoms with van der Waals surface area (Å²) in [5, 5.41) is 11.9. The maximum Gasteiger partial charge on any atom is 0.308 e. The van der Waals surface area contributed by atoms with E-state index < -0.39 is 11.9 Å². The van der Waals surface area contributed by atoms with Crippen LogP contribution in [0.1, 0.15) is 38.3 Å². The molecule has 0 saturated carbocycles. The molecule has 0 radical (unpaired) electrons. The number of carboxylic acid groups (broad SMARTS) is 1. The average molecular weight is 291 g/mol. The van der Waals surface area contributed by atoms with Crippen molar-refractivity contribution < 1.29 is 14.7 Å². The fourth-order valence-corrected chi connectivity index (χ4v) is 2.28. The summed E-state index contributed by atoms with van der Waals surface area (Å²) in [6.07, 6.45) is 1.80. The Morgan fingerprint density at radius 3 is 2.48 bits per heavy atom. The summed E-state index contributed by atoms with van der Waals surface area (Å²) in [7, 11) is 0. The molecule has 21 heavy (non-hydrogen) atoms. The molecule has 0 spiro atoms. The lowest BCUT2D eigenvalue weighted by Gasteiger charge is -2.15. The van der Waals surface area contributed by atoms with Gasteiger partial charge >= 0.3 is 5.97 Å². The molecule has 0 aliphatic carbocycles. The summed E-state index contributed by atoms with van der Waals surface area (Å²) in [5.74, 6) is -1.20. The molecule has 2 N–H and O–H groups in total. The molecule has 1 atom stereocenters. The first-order chi connectivity index (χ1) is 9.92. The summed E-state index contributed by atoms with van der Waals surface area (Å²) >= 11 is 0. The van der Waals surface area contributed by atoms with Crippen molar-refractivity contribution in [2.75, 3.05) is 6.54 Å². The van der Waals surface area contributed by atoms with Gasteiger partial charge in [0.1, 0.15) is 0 Å². The highest BCUT2D eigenvalue weighted by Crippen LogP contribution is 2.11. The van der Waals surface area contributed by atoms with Crippen LogP contribution in [0.3, 0.4) is 0 Å². The van der Waals surface area contributed by atoms with Crippen LogP contribution in [0.15, 0.2) is 24.3 Å². The van der Waals surface area contributed by atoms with E-state index in [1.165, 1.54) is 5.56 Å². The van der Waals surface area contributed by atoms with Crippen LogP contribution in [0, 0.1) is 11.8 Å². The van der Waals surface area contributed by atoms with Crippen molar-refractivity contribution >= 4 is 11.9 Å². The zero-order valence-corrected chi connectivity index (χ0v) is 13.1. The second-order valence-electron chi connectivity index (χ2n) is 5.82. The van der Waals surface area contributed by atoms with E-state index in [1.807, 2.05) is 38.1 Å². The minimum atomic E-state index is -0.850. The number of hydrogen-bond donors (Lipinski definition) is 2. The summed E-state index contributed by atoms with van der Waals surface area (Å²) in [5.41, 5.74) is 2.16. The first kappa shape index (κ1) is 17.2. The second-order valence-corrected chi connectivity index (χ2v) is 5.82. The van der Waals surface area contributed by atoms with Crippen molar-refractivity contribution in [3.05, 3.63) is 35.4 Å². The lowest BCUT2D eigenvalue weighted by atomic mass is 9.97. The van der Waals surface area contributed by atoms with Crippen molar-refractivity contribution in [3.63, 3.8) is 0 Å². The van der Waals surface area contributed by atoms with Gasteiger partial charge in [-0.25, -0.2) is 0 Å². The Labute approximate surface area is 126 Å². The highest BCUT2D eigenvalue weighted by molar-refractivity contribution is 5.79. The third kappa shape index (κ3) is 6.43. The third-order valence-corrected chi connectivity index (χ3v) is 3.42. The number of nitrogens with one attached hydrogen (secondary N) is 1. The van der Waals surface area contributed by atoms with Crippen LogP contribution in [-0.4, -0.2) is 23.5 Å². The van der Waals surface area contributed by atoms with Gasteiger partial charge in [0.15, 0.2) is 0 Å². The first-order valence-corrected chi connectivity index (χ1v) is 7.49. The van der Waals surface area contributed by atoms with E-state index >= 15 is 0 Å². The van der Waals surface area contributed by atoms with Crippen molar-refractivity contribution in [1.82, 2.24) is 5.32 Å². The van der Waals surface area contributed by atoms with Crippen LogP contribution >= 0.6 is 0 Å². The van der Waals surface area contributed by atoms with Crippen molar-refractivity contribution in [2.45, 2.75) is 40.0 Å². The van der Waals surface area contributed by atoms with E-state index in [2.05, 4.69) is 12.2 Å². The van der Waals surface area contributed by atoms with E-state index in [1.54, 1.807) is 0 Å². The molecule has 4 heteroatoms. The SMILES string of the molecule is CCc1cccc(CC(=O)NCC(CC(C)C)C(=O)O)c1. The molecule has 1 amide bonds. The van der Waals surface area contributed by atoms with Crippen molar-refractivity contribution in [1.29, 1.82) is 0 Å². The maximum absolute atomic E-state index is 11.9. The monoisotopic (exact) mass is 291 g/mol. The molecule has 0 aromatic heterocycles. The van der Waals surface area contributed by atoms with Crippen LogP contribution < -0.4 is 5.32 Å². The largest absolute Gasteiger partial charge is 0.481 e. The molecule has 0 fully saturated rings. The highest BCUT2D eigenvalue weighted by atomic mass is 16.4. The quantitative estimate of drug-likeness (QED) is 0.774. The Bertz CT molecular complexity index is 483. The molecule has 1 aromatic rings. The average Bonchev–Trinajstić information content (AvgIpc) is 2.43. The zero-order chi connectivity index (χ0) is 15.8. The molecule has 0 heterocycles. The Morgan fingerprint density at radius 2 is 1.90 bits per heavy atom. The van der Waals surface area contributed by atoms with Gasteiger partial charge in [-0.05, 0) is 29.9 Å². The summed E-state index contributed by atoms with van der Waals surface area (Å²) in [6.45, 7) is 6.23. The lowest BCUT2D eigenvalue weighted by Crippen LogP contribution is -2.34. The van der Waals surface area contributed by atoms with Crippen LogP contribution in [0.4, 0.5) is 0 Å². The molecule has 1 rings (SSSR count). The molecule has 0 bridgehead atoms. The Balaban J connectivity index is 2.50. The third-order valence-electron chi connectivity index (χ3n) is 3.42. The van der Waals surface area contributed by atoms with E-state index in [0.29, 0.717) is 18.8 Å². The number of aliphatic carboxylic acids is 1. The molecule has 0 saturated heterocycles. The molecule has 1 aromatic carbocycles.